The van der Waals surface area contributed by atoms with E-state index < -0.39 is 0 Å². The molecular formula is C19H36N2O. The Hall–Kier alpha value is -0.570. The third kappa shape index (κ3) is 4.97. The van der Waals surface area contributed by atoms with Crippen LogP contribution in [0.4, 0.5) is 0 Å². The number of hydrogen-bond donors (Lipinski definition) is 0. The van der Waals surface area contributed by atoms with Crippen LogP contribution in [0.5, 0.6) is 0 Å². The van der Waals surface area contributed by atoms with E-state index in [1.807, 2.05) is 0 Å². The van der Waals surface area contributed by atoms with Gasteiger partial charge in [-0.3, -0.25) is 4.79 Å². The predicted octanol–water partition coefficient (Wildman–Crippen LogP) is 3.64. The van der Waals surface area contributed by atoms with E-state index in [0.29, 0.717) is 5.91 Å². The summed E-state index contributed by atoms with van der Waals surface area (Å²) in [7, 11) is 0. The molecule has 1 amide bonds. The summed E-state index contributed by atoms with van der Waals surface area (Å²) in [6.07, 6.45) is 5.52. The Morgan fingerprint density at radius 2 is 1.55 bits per heavy atom. The highest BCUT2D eigenvalue weighted by Gasteiger charge is 2.26. The van der Waals surface area contributed by atoms with Gasteiger partial charge in [0.25, 0.3) is 0 Å². The molecule has 0 aromatic rings. The number of piperidine rings is 1. The van der Waals surface area contributed by atoms with E-state index in [-0.39, 0.29) is 0 Å². The van der Waals surface area contributed by atoms with Crippen LogP contribution in [0, 0.1) is 23.7 Å². The lowest BCUT2D eigenvalue weighted by Gasteiger charge is -2.34. The lowest BCUT2D eigenvalue weighted by Crippen LogP contribution is -2.39. The number of carbonyl (C=O) groups excluding carboxylic acids is 1. The Morgan fingerprint density at radius 3 is 2.09 bits per heavy atom. The van der Waals surface area contributed by atoms with Gasteiger partial charge in [-0.2, -0.15) is 0 Å². The van der Waals surface area contributed by atoms with Crippen molar-refractivity contribution in [1.82, 2.24) is 9.80 Å². The molecule has 0 saturated carbocycles. The largest absolute Gasteiger partial charge is 0.343 e. The predicted molar refractivity (Wildman–Crippen MR) is 92.8 cm³/mol. The molecule has 2 saturated heterocycles. The first kappa shape index (κ1) is 17.8. The quantitative estimate of drug-likeness (QED) is 0.748. The zero-order chi connectivity index (χ0) is 16.1. The molecule has 3 heteroatoms. The second-order valence-electron chi connectivity index (χ2n) is 8.16. The highest BCUT2D eigenvalue weighted by Crippen LogP contribution is 2.25. The normalized spacial score (nSPS) is 24.6. The minimum atomic E-state index is 0.391. The summed E-state index contributed by atoms with van der Waals surface area (Å²) in [5, 5.41) is 0. The molecule has 1 atom stereocenters. The lowest BCUT2D eigenvalue weighted by molar-refractivity contribution is -0.132. The van der Waals surface area contributed by atoms with Crippen molar-refractivity contribution in [2.75, 3.05) is 32.7 Å². The zero-order valence-corrected chi connectivity index (χ0v) is 15.2. The van der Waals surface area contributed by atoms with Crippen LogP contribution in [-0.4, -0.2) is 48.4 Å². The van der Waals surface area contributed by atoms with Crippen LogP contribution < -0.4 is 0 Å². The molecule has 128 valence electrons. The van der Waals surface area contributed by atoms with E-state index in [9.17, 15) is 4.79 Å². The van der Waals surface area contributed by atoms with E-state index in [2.05, 4.69) is 37.5 Å². The van der Waals surface area contributed by atoms with Crippen molar-refractivity contribution in [2.45, 2.75) is 59.8 Å². The Balaban J connectivity index is 1.61. The van der Waals surface area contributed by atoms with Crippen molar-refractivity contribution in [3.63, 3.8) is 0 Å². The van der Waals surface area contributed by atoms with Crippen LogP contribution in [-0.2, 0) is 4.79 Å². The summed E-state index contributed by atoms with van der Waals surface area (Å²) in [5.74, 6) is 3.64. The molecule has 1 unspecified atom stereocenters. The van der Waals surface area contributed by atoms with Gasteiger partial charge < -0.3 is 9.80 Å². The van der Waals surface area contributed by atoms with Crippen LogP contribution >= 0.6 is 0 Å². The van der Waals surface area contributed by atoms with Crippen molar-refractivity contribution < 1.29 is 4.79 Å². The van der Waals surface area contributed by atoms with Crippen LogP contribution in [0.3, 0.4) is 0 Å². The van der Waals surface area contributed by atoms with E-state index >= 15 is 0 Å². The Bertz CT molecular complexity index is 345. The van der Waals surface area contributed by atoms with E-state index in [0.717, 1.165) is 56.1 Å². The maximum Gasteiger partial charge on any atom is 0.222 e. The molecule has 2 aliphatic heterocycles. The molecule has 0 spiro atoms. The highest BCUT2D eigenvalue weighted by molar-refractivity contribution is 5.76. The molecule has 3 nitrogen and oxygen atoms in total. The maximum atomic E-state index is 12.3. The SMILES string of the molecule is CC(C)C1CCN(C(=O)CCCN2CCC(C(C)C)C2)CC1. The first-order chi connectivity index (χ1) is 10.5. The molecule has 2 heterocycles. The molecule has 0 radical (unpaired) electrons. The van der Waals surface area contributed by atoms with Gasteiger partial charge in [0.05, 0.1) is 0 Å². The van der Waals surface area contributed by atoms with Gasteiger partial charge in [-0.1, -0.05) is 27.7 Å². The highest BCUT2D eigenvalue weighted by atomic mass is 16.2. The third-order valence-corrected chi connectivity index (χ3v) is 5.95. The van der Waals surface area contributed by atoms with Gasteiger partial charge in [0.1, 0.15) is 0 Å². The van der Waals surface area contributed by atoms with Crippen LogP contribution in [0.15, 0.2) is 0 Å². The van der Waals surface area contributed by atoms with Crippen molar-refractivity contribution in [2.24, 2.45) is 23.7 Å². The average Bonchev–Trinajstić information content (AvgIpc) is 2.96. The van der Waals surface area contributed by atoms with Crippen LogP contribution in [0.2, 0.25) is 0 Å². The fourth-order valence-electron chi connectivity index (χ4n) is 4.04. The molecule has 0 N–H and O–H groups in total. The number of amides is 1. The second-order valence-corrected chi connectivity index (χ2v) is 8.16. The Kier molecular flexibility index (Phi) is 6.73. The Morgan fingerprint density at radius 1 is 0.955 bits per heavy atom. The summed E-state index contributed by atoms with van der Waals surface area (Å²) in [4.78, 5) is 17.0. The smallest absolute Gasteiger partial charge is 0.222 e. The minimum absolute atomic E-state index is 0.391. The fraction of sp³-hybridized carbons (Fsp3) is 0.947. The zero-order valence-electron chi connectivity index (χ0n) is 15.2. The number of likely N-dealkylation sites (tertiary alicyclic amines) is 2. The van der Waals surface area contributed by atoms with Crippen LogP contribution in [0.1, 0.15) is 59.8 Å². The molecule has 0 aromatic carbocycles. The van der Waals surface area contributed by atoms with E-state index in [1.165, 1.54) is 32.4 Å². The van der Waals surface area contributed by atoms with Gasteiger partial charge in [-0.15, -0.1) is 0 Å². The summed E-state index contributed by atoms with van der Waals surface area (Å²) in [6.45, 7) is 14.8. The third-order valence-electron chi connectivity index (χ3n) is 5.95. The molecule has 0 aromatic heterocycles. The van der Waals surface area contributed by atoms with Gasteiger partial charge in [0.15, 0.2) is 0 Å². The van der Waals surface area contributed by atoms with Crippen molar-refractivity contribution in [3.8, 4) is 0 Å². The minimum Gasteiger partial charge on any atom is -0.343 e. The number of nitrogens with zero attached hydrogens (tertiary/aromatic N) is 2. The molecule has 0 bridgehead atoms. The average molecular weight is 309 g/mol. The number of hydrogen-bond acceptors (Lipinski definition) is 2. The molecule has 2 rings (SSSR count). The number of rotatable bonds is 6. The molecule has 22 heavy (non-hydrogen) atoms. The molecule has 2 fully saturated rings. The van der Waals surface area contributed by atoms with E-state index in [1.54, 1.807) is 0 Å². The Labute approximate surface area is 137 Å². The standard InChI is InChI=1S/C19H36N2O/c1-15(2)17-8-12-21(13-9-17)19(22)6-5-10-20-11-7-18(14-20)16(3)4/h15-18H,5-14H2,1-4H3. The first-order valence-corrected chi connectivity index (χ1v) is 9.47. The molecular weight excluding hydrogens is 272 g/mol. The van der Waals surface area contributed by atoms with Crippen LogP contribution in [0.25, 0.3) is 0 Å². The molecule has 2 aliphatic rings. The van der Waals surface area contributed by atoms with Crippen molar-refractivity contribution in [1.29, 1.82) is 0 Å². The maximum absolute atomic E-state index is 12.3. The van der Waals surface area contributed by atoms with Gasteiger partial charge in [-0.25, -0.2) is 0 Å². The second kappa shape index (κ2) is 8.33. The summed E-state index contributed by atoms with van der Waals surface area (Å²) >= 11 is 0. The lowest BCUT2D eigenvalue weighted by atomic mass is 9.86. The van der Waals surface area contributed by atoms with Crippen molar-refractivity contribution in [3.05, 3.63) is 0 Å². The monoisotopic (exact) mass is 308 g/mol. The summed E-state index contributed by atoms with van der Waals surface area (Å²) in [5.41, 5.74) is 0. The van der Waals surface area contributed by atoms with Gasteiger partial charge in [0.2, 0.25) is 5.91 Å². The molecule has 0 aliphatic carbocycles. The summed E-state index contributed by atoms with van der Waals surface area (Å²) < 4.78 is 0. The van der Waals surface area contributed by atoms with Gasteiger partial charge in [0, 0.05) is 26.1 Å². The van der Waals surface area contributed by atoms with Gasteiger partial charge in [-0.05, 0) is 62.4 Å². The number of carbonyl (C=O) groups is 1. The summed E-state index contributed by atoms with van der Waals surface area (Å²) in [6, 6.07) is 0. The fourth-order valence-corrected chi connectivity index (χ4v) is 4.04. The van der Waals surface area contributed by atoms with E-state index in [4.69, 9.17) is 0 Å². The first-order valence-electron chi connectivity index (χ1n) is 9.47. The topological polar surface area (TPSA) is 23.6 Å². The van der Waals surface area contributed by atoms with Gasteiger partial charge >= 0.3 is 0 Å². The van der Waals surface area contributed by atoms with Crippen molar-refractivity contribution >= 4 is 5.91 Å².